The van der Waals surface area contributed by atoms with Gasteiger partial charge < -0.3 is 15.5 Å². The molecule has 0 atom stereocenters. The van der Waals surface area contributed by atoms with E-state index in [4.69, 9.17) is 0 Å². The topological polar surface area (TPSA) is 105 Å². The van der Waals surface area contributed by atoms with Gasteiger partial charge in [0.25, 0.3) is 11.8 Å². The summed E-state index contributed by atoms with van der Waals surface area (Å²) in [5.74, 6) is 0.213. The van der Waals surface area contributed by atoms with E-state index >= 15 is 0 Å². The Morgan fingerprint density at radius 2 is 1.61 bits per heavy atom. The molecule has 2 N–H and O–H groups in total. The van der Waals surface area contributed by atoms with Gasteiger partial charge in [0.15, 0.2) is 0 Å². The molecule has 9 heteroatoms. The second-order valence-corrected chi connectivity index (χ2v) is 8.27. The number of hydrogen-bond donors (Lipinski definition) is 2. The van der Waals surface area contributed by atoms with Gasteiger partial charge >= 0.3 is 0 Å². The lowest BCUT2D eigenvalue weighted by Gasteiger charge is -2.19. The summed E-state index contributed by atoms with van der Waals surface area (Å²) in [5, 5.41) is 10.5. The predicted octanol–water partition coefficient (Wildman–Crippen LogP) is 4.76. The summed E-state index contributed by atoms with van der Waals surface area (Å²) in [6.07, 6.45) is 1.50. The average Bonchev–Trinajstić information content (AvgIpc) is 3.28. The minimum Gasteiger partial charge on any atom is -0.339 e. The first kappa shape index (κ1) is 24.6. The Morgan fingerprint density at radius 1 is 0.917 bits per heavy atom. The zero-order valence-corrected chi connectivity index (χ0v) is 20.8. The van der Waals surface area contributed by atoms with E-state index in [9.17, 15) is 9.59 Å². The van der Waals surface area contributed by atoms with Crippen LogP contribution in [0.4, 0.5) is 17.5 Å². The molecule has 36 heavy (non-hydrogen) atoms. The van der Waals surface area contributed by atoms with E-state index in [1.165, 1.54) is 6.20 Å². The SMILES string of the molecule is CCN(CC)C(=O)c1cnn(-c2ccccc2)c1NC(=O)c1cccc(Nc2nc(C)cc(C)n2)c1. The molecule has 184 valence electrons. The number of carbonyl (C=O) groups is 2. The molecule has 0 unspecified atom stereocenters. The van der Waals surface area contributed by atoms with Crippen LogP contribution >= 0.6 is 0 Å². The van der Waals surface area contributed by atoms with Crippen LogP contribution in [0.25, 0.3) is 5.69 Å². The van der Waals surface area contributed by atoms with Gasteiger partial charge in [-0.15, -0.1) is 0 Å². The maximum Gasteiger partial charge on any atom is 0.259 e. The van der Waals surface area contributed by atoms with Crippen molar-refractivity contribution in [3.05, 3.63) is 89.4 Å². The number of rotatable bonds is 8. The predicted molar refractivity (Wildman–Crippen MR) is 140 cm³/mol. The van der Waals surface area contributed by atoms with Crippen LogP contribution < -0.4 is 10.6 Å². The van der Waals surface area contributed by atoms with Gasteiger partial charge in [-0.3, -0.25) is 9.59 Å². The summed E-state index contributed by atoms with van der Waals surface area (Å²) in [6, 6.07) is 18.3. The van der Waals surface area contributed by atoms with Crippen LogP contribution in [0, 0.1) is 13.8 Å². The van der Waals surface area contributed by atoms with Crippen molar-refractivity contribution >= 4 is 29.3 Å². The van der Waals surface area contributed by atoms with Crippen LogP contribution in [-0.4, -0.2) is 49.6 Å². The first-order valence-corrected chi connectivity index (χ1v) is 11.8. The zero-order chi connectivity index (χ0) is 25.7. The molecule has 2 heterocycles. The fraction of sp³-hybridized carbons (Fsp3) is 0.222. The standard InChI is InChI=1S/C27H29N7O2/c1-5-33(6-2)26(36)23-17-28-34(22-13-8-7-9-14-22)24(23)32-25(35)20-11-10-12-21(16-20)31-27-29-18(3)15-19(4)30-27/h7-17H,5-6H2,1-4H3,(H,32,35)(H,29,30,31). The third kappa shape index (κ3) is 5.41. The normalized spacial score (nSPS) is 10.7. The van der Waals surface area contributed by atoms with Crippen LogP contribution in [0.3, 0.4) is 0 Å². The highest BCUT2D eigenvalue weighted by atomic mass is 16.2. The van der Waals surface area contributed by atoms with E-state index in [1.807, 2.05) is 70.2 Å². The Labute approximate surface area is 210 Å². The number of aromatic nitrogens is 4. The molecule has 0 radical (unpaired) electrons. The highest BCUT2D eigenvalue weighted by Crippen LogP contribution is 2.24. The molecular formula is C27H29N7O2. The van der Waals surface area contributed by atoms with E-state index in [-0.39, 0.29) is 11.8 Å². The molecule has 4 rings (SSSR count). The van der Waals surface area contributed by atoms with Crippen molar-refractivity contribution in [3.63, 3.8) is 0 Å². The van der Waals surface area contributed by atoms with Gasteiger partial charge in [-0.2, -0.15) is 5.10 Å². The molecule has 0 aliphatic heterocycles. The molecule has 0 fully saturated rings. The maximum atomic E-state index is 13.4. The van der Waals surface area contributed by atoms with Crippen molar-refractivity contribution in [1.29, 1.82) is 0 Å². The minimum absolute atomic E-state index is 0.195. The number of amides is 2. The maximum absolute atomic E-state index is 13.4. The third-order valence-electron chi connectivity index (χ3n) is 5.65. The molecule has 0 saturated heterocycles. The first-order valence-electron chi connectivity index (χ1n) is 11.8. The fourth-order valence-corrected chi connectivity index (χ4v) is 3.90. The quantitative estimate of drug-likeness (QED) is 0.374. The second-order valence-electron chi connectivity index (χ2n) is 8.27. The van der Waals surface area contributed by atoms with Crippen LogP contribution in [0.15, 0.2) is 66.9 Å². The number of hydrogen-bond acceptors (Lipinski definition) is 6. The van der Waals surface area contributed by atoms with Gasteiger partial charge in [-0.25, -0.2) is 14.6 Å². The molecular weight excluding hydrogens is 454 g/mol. The van der Waals surface area contributed by atoms with Crippen LogP contribution in [0.5, 0.6) is 0 Å². The van der Waals surface area contributed by atoms with E-state index < -0.39 is 0 Å². The van der Waals surface area contributed by atoms with E-state index in [0.717, 1.165) is 17.1 Å². The van der Waals surface area contributed by atoms with Gasteiger partial charge in [0, 0.05) is 35.7 Å². The molecule has 0 bridgehead atoms. The molecule has 2 aromatic carbocycles. The van der Waals surface area contributed by atoms with E-state index in [1.54, 1.807) is 27.8 Å². The Hall–Kier alpha value is -4.53. The Bertz CT molecular complexity index is 1360. The number of carbonyl (C=O) groups excluding carboxylic acids is 2. The molecule has 4 aromatic rings. The average molecular weight is 484 g/mol. The molecule has 0 aliphatic carbocycles. The largest absolute Gasteiger partial charge is 0.339 e. The number of benzene rings is 2. The fourth-order valence-electron chi connectivity index (χ4n) is 3.90. The van der Waals surface area contributed by atoms with Crippen LogP contribution in [-0.2, 0) is 0 Å². The Morgan fingerprint density at radius 3 is 2.28 bits per heavy atom. The van der Waals surface area contributed by atoms with Crippen LogP contribution in [0.2, 0.25) is 0 Å². The van der Waals surface area contributed by atoms with Crippen molar-refractivity contribution in [2.24, 2.45) is 0 Å². The molecule has 2 aromatic heterocycles. The second kappa shape index (κ2) is 10.8. The Balaban J connectivity index is 1.65. The van der Waals surface area contributed by atoms with Crippen molar-refractivity contribution in [2.45, 2.75) is 27.7 Å². The lowest BCUT2D eigenvalue weighted by Crippen LogP contribution is -2.31. The molecule has 9 nitrogen and oxygen atoms in total. The summed E-state index contributed by atoms with van der Waals surface area (Å²) < 4.78 is 1.57. The van der Waals surface area contributed by atoms with Crippen molar-refractivity contribution in [1.82, 2.24) is 24.6 Å². The highest BCUT2D eigenvalue weighted by Gasteiger charge is 2.24. The summed E-state index contributed by atoms with van der Waals surface area (Å²) in [5.41, 5.74) is 3.83. The molecule has 2 amide bonds. The Kier molecular flexibility index (Phi) is 7.39. The van der Waals surface area contributed by atoms with Gasteiger partial charge in [-0.1, -0.05) is 24.3 Å². The van der Waals surface area contributed by atoms with Crippen molar-refractivity contribution in [3.8, 4) is 5.69 Å². The number of para-hydroxylation sites is 1. The van der Waals surface area contributed by atoms with Crippen molar-refractivity contribution in [2.75, 3.05) is 23.7 Å². The van der Waals surface area contributed by atoms with Crippen LogP contribution in [0.1, 0.15) is 46.0 Å². The first-order chi connectivity index (χ1) is 17.4. The third-order valence-corrected chi connectivity index (χ3v) is 5.65. The number of nitrogens with zero attached hydrogens (tertiary/aromatic N) is 5. The minimum atomic E-state index is -0.369. The summed E-state index contributed by atoms with van der Waals surface area (Å²) in [4.78, 5) is 37.0. The molecule has 0 spiro atoms. The van der Waals surface area contributed by atoms with Gasteiger partial charge in [0.05, 0.1) is 11.9 Å². The highest BCUT2D eigenvalue weighted by molar-refractivity contribution is 6.08. The van der Waals surface area contributed by atoms with Gasteiger partial charge in [0.1, 0.15) is 11.4 Å². The summed E-state index contributed by atoms with van der Waals surface area (Å²) in [6.45, 7) is 8.73. The van der Waals surface area contributed by atoms with Gasteiger partial charge in [-0.05, 0) is 64.1 Å². The van der Waals surface area contributed by atoms with Crippen molar-refractivity contribution < 1.29 is 9.59 Å². The smallest absolute Gasteiger partial charge is 0.259 e. The summed E-state index contributed by atoms with van der Waals surface area (Å²) >= 11 is 0. The zero-order valence-electron chi connectivity index (χ0n) is 20.8. The summed E-state index contributed by atoms with van der Waals surface area (Å²) in [7, 11) is 0. The molecule has 0 aliphatic rings. The number of anilines is 3. The monoisotopic (exact) mass is 483 g/mol. The lowest BCUT2D eigenvalue weighted by molar-refractivity contribution is 0.0774. The number of aryl methyl sites for hydroxylation is 2. The van der Waals surface area contributed by atoms with E-state index in [2.05, 4.69) is 25.7 Å². The van der Waals surface area contributed by atoms with E-state index in [0.29, 0.717) is 41.7 Å². The number of nitrogens with one attached hydrogen (secondary N) is 2. The van der Waals surface area contributed by atoms with Gasteiger partial charge in [0.2, 0.25) is 5.95 Å². The lowest BCUT2D eigenvalue weighted by atomic mass is 10.1. The molecule has 0 saturated carbocycles.